The van der Waals surface area contributed by atoms with Crippen LogP contribution in [-0.4, -0.2) is 41.1 Å². The summed E-state index contributed by atoms with van der Waals surface area (Å²) in [4.78, 5) is -0.0563. The van der Waals surface area contributed by atoms with E-state index >= 15 is 0 Å². The molecule has 1 heterocycles. The van der Waals surface area contributed by atoms with Crippen molar-refractivity contribution >= 4 is 41.7 Å². The van der Waals surface area contributed by atoms with E-state index in [0.29, 0.717) is 0 Å². The minimum Gasteiger partial charge on any atom is -0.396 e. The molecule has 0 atom stereocenters. The van der Waals surface area contributed by atoms with E-state index in [4.69, 9.17) is 11.0 Å². The molecule has 112 valence electrons. The number of nitrogen functional groups attached to an aromatic ring is 1. The highest BCUT2D eigenvalue weighted by molar-refractivity contribution is 7.91. The van der Waals surface area contributed by atoms with Crippen LogP contribution in [0.4, 0.5) is 10.7 Å². The van der Waals surface area contributed by atoms with Crippen molar-refractivity contribution < 1.29 is 16.8 Å². The van der Waals surface area contributed by atoms with Crippen molar-refractivity contribution in [2.24, 2.45) is 0 Å². The first kappa shape index (κ1) is 16.7. The SMILES string of the molecule is CCS(=O)(=O)CCNc1sc(C#N)c(N)c1S(C)(=O)=O. The molecule has 0 aromatic carbocycles. The van der Waals surface area contributed by atoms with Crippen LogP contribution >= 0.6 is 11.3 Å². The van der Waals surface area contributed by atoms with Crippen LogP contribution in [0.5, 0.6) is 0 Å². The first-order valence-electron chi connectivity index (χ1n) is 5.59. The predicted octanol–water partition coefficient (Wildman–Crippen LogP) is 0.452. The summed E-state index contributed by atoms with van der Waals surface area (Å²) >= 11 is 0.900. The fourth-order valence-corrected chi connectivity index (χ4v) is 4.56. The van der Waals surface area contributed by atoms with Crippen LogP contribution in [0.1, 0.15) is 11.8 Å². The highest BCUT2D eigenvalue weighted by Crippen LogP contribution is 2.38. The molecule has 3 N–H and O–H groups in total. The van der Waals surface area contributed by atoms with Gasteiger partial charge in [-0.25, -0.2) is 16.8 Å². The molecule has 1 aromatic heterocycles. The summed E-state index contributed by atoms with van der Waals surface area (Å²) in [6, 6.07) is 1.82. The number of nitrogens with zero attached hydrogens (tertiary/aromatic N) is 1. The highest BCUT2D eigenvalue weighted by atomic mass is 32.2. The number of sulfone groups is 2. The first-order chi connectivity index (χ1) is 9.12. The molecule has 0 amide bonds. The van der Waals surface area contributed by atoms with Crippen LogP contribution in [0.3, 0.4) is 0 Å². The third kappa shape index (κ3) is 3.84. The number of thiophene rings is 1. The molecule has 0 bridgehead atoms. The number of nitrogens with two attached hydrogens (primary N) is 1. The Balaban J connectivity index is 3.06. The fourth-order valence-electron chi connectivity index (χ4n) is 1.46. The number of nitrogens with one attached hydrogen (secondary N) is 1. The van der Waals surface area contributed by atoms with Crippen molar-refractivity contribution in [1.29, 1.82) is 5.26 Å². The topological polar surface area (TPSA) is 130 Å². The van der Waals surface area contributed by atoms with E-state index in [1.165, 1.54) is 6.92 Å². The second-order valence-electron chi connectivity index (χ2n) is 4.05. The molecule has 0 saturated heterocycles. The molecule has 20 heavy (non-hydrogen) atoms. The zero-order valence-corrected chi connectivity index (χ0v) is 13.5. The summed E-state index contributed by atoms with van der Waals surface area (Å²) in [6.45, 7) is 1.59. The third-order valence-corrected chi connectivity index (χ3v) is 6.58. The van der Waals surface area contributed by atoms with Gasteiger partial charge in [-0.2, -0.15) is 5.26 Å². The van der Waals surface area contributed by atoms with Gasteiger partial charge in [-0.3, -0.25) is 0 Å². The average Bonchev–Trinajstić information content (AvgIpc) is 2.65. The predicted molar refractivity (Wildman–Crippen MR) is 79.4 cm³/mol. The van der Waals surface area contributed by atoms with Crippen molar-refractivity contribution in [3.05, 3.63) is 4.88 Å². The van der Waals surface area contributed by atoms with Gasteiger partial charge in [0.2, 0.25) is 0 Å². The average molecular weight is 337 g/mol. The minimum absolute atomic E-state index is 0.0175. The lowest BCUT2D eigenvalue weighted by molar-refractivity contribution is 0.597. The molecule has 1 rings (SSSR count). The van der Waals surface area contributed by atoms with Gasteiger partial charge in [0.25, 0.3) is 0 Å². The molecule has 0 radical (unpaired) electrons. The molecule has 10 heteroatoms. The monoisotopic (exact) mass is 337 g/mol. The van der Waals surface area contributed by atoms with Crippen molar-refractivity contribution in [2.75, 3.05) is 35.4 Å². The van der Waals surface area contributed by atoms with Crippen LogP contribution in [0, 0.1) is 11.3 Å². The summed E-state index contributed by atoms with van der Waals surface area (Å²) in [7, 11) is -6.75. The fraction of sp³-hybridized carbons (Fsp3) is 0.500. The van der Waals surface area contributed by atoms with Gasteiger partial charge in [-0.1, -0.05) is 6.92 Å². The molecule has 0 aliphatic rings. The van der Waals surface area contributed by atoms with Gasteiger partial charge in [-0.15, -0.1) is 11.3 Å². The van der Waals surface area contributed by atoms with E-state index < -0.39 is 19.7 Å². The van der Waals surface area contributed by atoms with Crippen LogP contribution in [0.2, 0.25) is 0 Å². The number of hydrogen-bond acceptors (Lipinski definition) is 8. The lowest BCUT2D eigenvalue weighted by Crippen LogP contribution is -2.17. The van der Waals surface area contributed by atoms with Crippen LogP contribution < -0.4 is 11.1 Å². The Hall–Kier alpha value is -1.31. The molecular formula is C10H15N3O4S3. The Morgan fingerprint density at radius 1 is 1.35 bits per heavy atom. The van der Waals surface area contributed by atoms with Gasteiger partial charge < -0.3 is 11.1 Å². The summed E-state index contributed by atoms with van der Waals surface area (Å²) < 4.78 is 46.1. The number of anilines is 2. The van der Waals surface area contributed by atoms with Crippen molar-refractivity contribution in [2.45, 2.75) is 11.8 Å². The summed E-state index contributed by atoms with van der Waals surface area (Å²) in [5.41, 5.74) is 5.54. The van der Waals surface area contributed by atoms with Gasteiger partial charge in [0.1, 0.15) is 20.8 Å². The Morgan fingerprint density at radius 2 is 1.95 bits per heavy atom. The molecule has 0 saturated carbocycles. The van der Waals surface area contributed by atoms with Gasteiger partial charge in [0, 0.05) is 18.6 Å². The lowest BCUT2D eigenvalue weighted by Gasteiger charge is -2.06. The third-order valence-electron chi connectivity index (χ3n) is 2.51. The van der Waals surface area contributed by atoms with E-state index in [9.17, 15) is 16.8 Å². The van der Waals surface area contributed by atoms with E-state index in [0.717, 1.165) is 17.6 Å². The molecule has 0 aliphatic carbocycles. The normalized spacial score (nSPS) is 12.1. The van der Waals surface area contributed by atoms with Crippen molar-refractivity contribution in [1.82, 2.24) is 0 Å². The van der Waals surface area contributed by atoms with E-state index in [1.54, 1.807) is 0 Å². The lowest BCUT2D eigenvalue weighted by atomic mass is 10.4. The van der Waals surface area contributed by atoms with Crippen LogP contribution in [0.15, 0.2) is 4.90 Å². The Labute approximate surface area is 122 Å². The number of nitriles is 1. The largest absolute Gasteiger partial charge is 0.396 e. The standard InChI is InChI=1S/C10H15N3O4S3/c1-3-20(16,17)5-4-13-10-9(19(2,14)15)8(12)7(6-11)18-10/h13H,3-5,12H2,1-2H3. The van der Waals surface area contributed by atoms with Gasteiger partial charge in [-0.05, 0) is 0 Å². The molecule has 0 unspecified atom stereocenters. The maximum absolute atomic E-state index is 11.7. The molecule has 0 spiro atoms. The maximum Gasteiger partial charge on any atom is 0.180 e. The second-order valence-corrected chi connectivity index (χ2v) is 9.50. The van der Waals surface area contributed by atoms with Gasteiger partial charge in [0.05, 0.1) is 11.4 Å². The Morgan fingerprint density at radius 3 is 2.40 bits per heavy atom. The van der Waals surface area contributed by atoms with E-state index in [2.05, 4.69) is 5.32 Å². The number of rotatable bonds is 6. The molecule has 0 fully saturated rings. The van der Waals surface area contributed by atoms with Gasteiger partial charge >= 0.3 is 0 Å². The second kappa shape index (κ2) is 5.99. The quantitative estimate of drug-likeness (QED) is 0.770. The number of hydrogen-bond donors (Lipinski definition) is 2. The van der Waals surface area contributed by atoms with Crippen LogP contribution in [0.25, 0.3) is 0 Å². The molecule has 7 nitrogen and oxygen atoms in total. The van der Waals surface area contributed by atoms with Gasteiger partial charge in [0.15, 0.2) is 19.7 Å². The summed E-state index contributed by atoms with van der Waals surface area (Å²) in [6.07, 6.45) is 0.987. The van der Waals surface area contributed by atoms with Crippen LogP contribution in [-0.2, 0) is 19.7 Å². The highest BCUT2D eigenvalue weighted by Gasteiger charge is 2.24. The maximum atomic E-state index is 11.7. The smallest absolute Gasteiger partial charge is 0.180 e. The molecule has 1 aromatic rings. The zero-order valence-electron chi connectivity index (χ0n) is 11.0. The van der Waals surface area contributed by atoms with E-state index in [1.807, 2.05) is 6.07 Å². The van der Waals surface area contributed by atoms with Crippen molar-refractivity contribution in [3.8, 4) is 6.07 Å². The molecular weight excluding hydrogens is 322 g/mol. The summed E-state index contributed by atoms with van der Waals surface area (Å²) in [5, 5.41) is 11.8. The van der Waals surface area contributed by atoms with Crippen molar-refractivity contribution in [3.63, 3.8) is 0 Å². The molecule has 0 aliphatic heterocycles. The van der Waals surface area contributed by atoms with E-state index in [-0.39, 0.29) is 38.5 Å². The summed E-state index contributed by atoms with van der Waals surface area (Å²) in [5.74, 6) is -0.101. The Bertz CT molecular complexity index is 741. The Kier molecular flexibility index (Phi) is 5.01. The minimum atomic E-state index is -3.60. The first-order valence-corrected chi connectivity index (χ1v) is 10.1. The zero-order chi connectivity index (χ0) is 15.6.